The van der Waals surface area contributed by atoms with Crippen molar-refractivity contribution >= 4 is 23.8 Å². The Balaban J connectivity index is 3.55. The summed E-state index contributed by atoms with van der Waals surface area (Å²) in [4.78, 5) is 43.9. The highest BCUT2D eigenvalue weighted by molar-refractivity contribution is 5.84. The monoisotopic (exact) mass is 386 g/mol. The van der Waals surface area contributed by atoms with E-state index in [0.29, 0.717) is 6.42 Å². The Morgan fingerprint density at radius 2 is 1.15 bits per heavy atom. The quantitative estimate of drug-likeness (QED) is 0.266. The average molecular weight is 386 g/mol. The minimum Gasteiger partial charge on any atom is -0.481 e. The fraction of sp³-hybridized carbons (Fsp3) is 0.789. The number of nitrogens with one attached hydrogen (secondary N) is 1. The molecule has 0 saturated heterocycles. The molecule has 156 valence electrons. The number of carboxylic acids is 2. The first-order valence-electron chi connectivity index (χ1n) is 9.85. The van der Waals surface area contributed by atoms with Crippen LogP contribution in [0.25, 0.3) is 0 Å². The number of amides is 2. The fourth-order valence-corrected chi connectivity index (χ4v) is 2.79. The number of hydrogen-bond donors (Lipinski definition) is 4. The van der Waals surface area contributed by atoms with Gasteiger partial charge in [0.2, 0.25) is 11.8 Å². The van der Waals surface area contributed by atoms with Gasteiger partial charge in [-0.1, -0.05) is 51.4 Å². The number of unbranched alkanes of at least 4 members (excludes halogenated alkanes) is 9. The van der Waals surface area contributed by atoms with E-state index in [4.69, 9.17) is 15.9 Å². The van der Waals surface area contributed by atoms with Crippen LogP contribution in [0.1, 0.15) is 89.9 Å². The first kappa shape index (κ1) is 24.9. The van der Waals surface area contributed by atoms with Crippen LogP contribution in [0.5, 0.6) is 0 Å². The van der Waals surface area contributed by atoms with Crippen molar-refractivity contribution in [3.8, 4) is 0 Å². The minimum atomic E-state index is -1.16. The summed E-state index contributed by atoms with van der Waals surface area (Å²) in [6.45, 7) is 0. The van der Waals surface area contributed by atoms with Crippen molar-refractivity contribution in [1.82, 2.24) is 5.32 Å². The molecule has 2 amide bonds. The number of carbonyl (C=O) groups excluding carboxylic acids is 2. The number of carbonyl (C=O) groups is 4. The topological polar surface area (TPSA) is 147 Å². The molecule has 8 heteroatoms. The number of carboxylic acid groups (broad SMARTS) is 2. The van der Waals surface area contributed by atoms with E-state index >= 15 is 0 Å². The van der Waals surface area contributed by atoms with Crippen molar-refractivity contribution in [2.24, 2.45) is 5.73 Å². The lowest BCUT2D eigenvalue weighted by atomic mass is 10.0. The molecule has 0 aliphatic carbocycles. The summed E-state index contributed by atoms with van der Waals surface area (Å²) >= 11 is 0. The zero-order valence-corrected chi connectivity index (χ0v) is 16.1. The second kappa shape index (κ2) is 16.1. The van der Waals surface area contributed by atoms with E-state index in [0.717, 1.165) is 57.8 Å². The first-order valence-corrected chi connectivity index (χ1v) is 9.85. The molecule has 0 unspecified atom stereocenters. The van der Waals surface area contributed by atoms with Crippen LogP contribution < -0.4 is 11.1 Å². The van der Waals surface area contributed by atoms with E-state index in [1.165, 1.54) is 0 Å². The molecule has 0 aromatic rings. The minimum absolute atomic E-state index is 0.00666. The Morgan fingerprint density at radius 1 is 0.704 bits per heavy atom. The Hall–Kier alpha value is -2.12. The maximum Gasteiger partial charge on any atom is 0.326 e. The number of aliphatic carboxylic acids is 2. The van der Waals surface area contributed by atoms with Crippen LogP contribution in [-0.2, 0) is 19.2 Å². The number of primary amides is 1. The number of nitrogens with two attached hydrogens (primary N) is 1. The predicted octanol–water partition coefficient (Wildman–Crippen LogP) is 2.59. The fourth-order valence-electron chi connectivity index (χ4n) is 2.79. The van der Waals surface area contributed by atoms with Crippen LogP contribution in [0.2, 0.25) is 0 Å². The van der Waals surface area contributed by atoms with Gasteiger partial charge in [-0.2, -0.15) is 0 Å². The summed E-state index contributed by atoms with van der Waals surface area (Å²) in [5.41, 5.74) is 5.00. The van der Waals surface area contributed by atoms with Crippen LogP contribution >= 0.6 is 0 Å². The smallest absolute Gasteiger partial charge is 0.326 e. The second-order valence-corrected chi connectivity index (χ2v) is 6.89. The van der Waals surface area contributed by atoms with E-state index in [1.54, 1.807) is 0 Å². The van der Waals surface area contributed by atoms with Gasteiger partial charge in [0.15, 0.2) is 0 Å². The highest BCUT2D eigenvalue weighted by atomic mass is 16.4. The van der Waals surface area contributed by atoms with Gasteiger partial charge in [-0.25, -0.2) is 4.79 Å². The molecule has 0 aromatic heterocycles. The van der Waals surface area contributed by atoms with Gasteiger partial charge in [0.05, 0.1) is 0 Å². The van der Waals surface area contributed by atoms with E-state index in [-0.39, 0.29) is 31.6 Å². The largest absolute Gasteiger partial charge is 0.481 e. The summed E-state index contributed by atoms with van der Waals surface area (Å²) in [6.07, 6.45) is 10.5. The summed E-state index contributed by atoms with van der Waals surface area (Å²) < 4.78 is 0. The van der Waals surface area contributed by atoms with Crippen molar-refractivity contribution in [1.29, 1.82) is 0 Å². The lowest BCUT2D eigenvalue weighted by Gasteiger charge is -2.13. The van der Waals surface area contributed by atoms with Gasteiger partial charge in [-0.15, -0.1) is 0 Å². The SMILES string of the molecule is NC(=O)CC[C@H](NC(=O)CCCCCCCCCCCCC(=O)O)C(=O)O. The van der Waals surface area contributed by atoms with Crippen molar-refractivity contribution in [3.05, 3.63) is 0 Å². The van der Waals surface area contributed by atoms with Crippen LogP contribution in [-0.4, -0.2) is 40.0 Å². The summed E-state index contributed by atoms with van der Waals surface area (Å²) in [5, 5.41) is 20.0. The highest BCUT2D eigenvalue weighted by Gasteiger charge is 2.20. The van der Waals surface area contributed by atoms with Crippen LogP contribution in [0.15, 0.2) is 0 Å². The van der Waals surface area contributed by atoms with Gasteiger partial charge < -0.3 is 21.3 Å². The molecule has 0 fully saturated rings. The van der Waals surface area contributed by atoms with Crippen LogP contribution in [0.3, 0.4) is 0 Å². The number of rotatable bonds is 18. The average Bonchev–Trinajstić information content (AvgIpc) is 2.58. The molecule has 0 aliphatic rings. The zero-order valence-electron chi connectivity index (χ0n) is 16.1. The van der Waals surface area contributed by atoms with Gasteiger partial charge in [0, 0.05) is 19.3 Å². The van der Waals surface area contributed by atoms with Crippen molar-refractivity contribution < 1.29 is 29.4 Å². The molecular formula is C19H34N2O6. The Bertz CT molecular complexity index is 467. The Labute approximate surface area is 160 Å². The Kier molecular flexibility index (Phi) is 14.8. The third-order valence-electron chi connectivity index (χ3n) is 4.36. The molecule has 1 atom stereocenters. The van der Waals surface area contributed by atoms with E-state index in [9.17, 15) is 19.2 Å². The lowest BCUT2D eigenvalue weighted by Crippen LogP contribution is -2.41. The summed E-state index contributed by atoms with van der Waals surface area (Å²) in [5.74, 6) is -2.79. The number of hydrogen-bond acceptors (Lipinski definition) is 4. The molecule has 5 N–H and O–H groups in total. The Morgan fingerprint density at radius 3 is 1.56 bits per heavy atom. The molecule has 0 bridgehead atoms. The van der Waals surface area contributed by atoms with Crippen molar-refractivity contribution in [3.63, 3.8) is 0 Å². The summed E-state index contributed by atoms with van der Waals surface area (Å²) in [6, 6.07) is -1.07. The first-order chi connectivity index (χ1) is 12.8. The van der Waals surface area contributed by atoms with Crippen molar-refractivity contribution in [2.45, 2.75) is 95.9 Å². The van der Waals surface area contributed by atoms with Gasteiger partial charge in [-0.3, -0.25) is 14.4 Å². The van der Waals surface area contributed by atoms with E-state index in [2.05, 4.69) is 5.32 Å². The third-order valence-corrected chi connectivity index (χ3v) is 4.36. The van der Waals surface area contributed by atoms with Gasteiger partial charge in [0.1, 0.15) is 6.04 Å². The molecule has 0 aromatic carbocycles. The molecule has 0 rings (SSSR count). The molecule has 0 saturated carbocycles. The standard InChI is InChI=1S/C19H34N2O6/c20-16(22)14-13-15(19(26)27)21-17(23)11-9-7-5-3-1-2-4-6-8-10-12-18(24)25/h15H,1-14H2,(H2,20,22)(H,21,23)(H,24,25)(H,26,27)/t15-/m0/s1. The van der Waals surface area contributed by atoms with Crippen LogP contribution in [0.4, 0.5) is 0 Å². The molecule has 0 aliphatic heterocycles. The van der Waals surface area contributed by atoms with Crippen molar-refractivity contribution in [2.75, 3.05) is 0 Å². The molecular weight excluding hydrogens is 352 g/mol. The third kappa shape index (κ3) is 17.1. The molecule has 8 nitrogen and oxygen atoms in total. The predicted molar refractivity (Wildman–Crippen MR) is 101 cm³/mol. The zero-order chi connectivity index (χ0) is 20.5. The van der Waals surface area contributed by atoms with Gasteiger partial charge in [-0.05, 0) is 19.3 Å². The molecule has 27 heavy (non-hydrogen) atoms. The lowest BCUT2D eigenvalue weighted by molar-refractivity contribution is -0.142. The maximum absolute atomic E-state index is 11.8. The molecule has 0 radical (unpaired) electrons. The van der Waals surface area contributed by atoms with E-state index in [1.807, 2.05) is 0 Å². The van der Waals surface area contributed by atoms with Gasteiger partial charge >= 0.3 is 11.9 Å². The maximum atomic E-state index is 11.8. The molecule has 0 spiro atoms. The highest BCUT2D eigenvalue weighted by Crippen LogP contribution is 2.12. The normalized spacial score (nSPS) is 11.7. The van der Waals surface area contributed by atoms with E-state index < -0.39 is 23.9 Å². The van der Waals surface area contributed by atoms with Gasteiger partial charge in [0.25, 0.3) is 0 Å². The molecule has 0 heterocycles. The summed E-state index contributed by atoms with van der Waals surface area (Å²) in [7, 11) is 0. The van der Waals surface area contributed by atoms with Crippen LogP contribution in [0, 0.1) is 0 Å². The second-order valence-electron chi connectivity index (χ2n) is 6.89.